The molecule has 2 N–H and O–H groups in total. The van der Waals surface area contributed by atoms with Gasteiger partial charge in [0.2, 0.25) is 0 Å². The van der Waals surface area contributed by atoms with Crippen LogP contribution in [0.1, 0.15) is 22.5 Å². The van der Waals surface area contributed by atoms with Crippen molar-refractivity contribution in [1.82, 2.24) is 0 Å². The molecular weight excluding hydrogens is 272 g/mol. The summed E-state index contributed by atoms with van der Waals surface area (Å²) in [5.41, 5.74) is 6.87. The van der Waals surface area contributed by atoms with Gasteiger partial charge < -0.3 is 15.1 Å². The Kier molecular flexibility index (Phi) is 4.53. The van der Waals surface area contributed by atoms with Gasteiger partial charge in [0.1, 0.15) is 12.0 Å². The van der Waals surface area contributed by atoms with Gasteiger partial charge in [0, 0.05) is 18.7 Å². The Bertz CT molecular complexity index is 607. The van der Waals surface area contributed by atoms with Crippen molar-refractivity contribution in [2.75, 3.05) is 11.4 Å². The first-order chi connectivity index (χ1) is 9.58. The fraction of sp³-hybridized carbons (Fsp3) is 0.200. The van der Waals surface area contributed by atoms with Crippen LogP contribution in [0.4, 0.5) is 5.69 Å². The molecule has 5 heteroatoms. The Morgan fingerprint density at radius 3 is 2.60 bits per heavy atom. The molecule has 0 atom stereocenters. The zero-order chi connectivity index (χ0) is 14.5. The van der Waals surface area contributed by atoms with E-state index >= 15 is 0 Å². The summed E-state index contributed by atoms with van der Waals surface area (Å²) in [5, 5.41) is 0. The number of rotatable bonds is 5. The Balaban J connectivity index is 2.26. The molecule has 0 saturated carbocycles. The average molecular weight is 288 g/mol. The highest BCUT2D eigenvalue weighted by molar-refractivity contribution is 7.80. The van der Waals surface area contributed by atoms with Crippen LogP contribution in [0.25, 0.3) is 0 Å². The summed E-state index contributed by atoms with van der Waals surface area (Å²) in [6, 6.07) is 11.2. The summed E-state index contributed by atoms with van der Waals surface area (Å²) in [7, 11) is 0. The molecule has 20 heavy (non-hydrogen) atoms. The third kappa shape index (κ3) is 3.45. The molecule has 1 aromatic carbocycles. The molecule has 1 heterocycles. The lowest BCUT2D eigenvalue weighted by Gasteiger charge is -2.22. The Morgan fingerprint density at radius 1 is 1.35 bits per heavy atom. The van der Waals surface area contributed by atoms with Gasteiger partial charge in [-0.25, -0.2) is 0 Å². The van der Waals surface area contributed by atoms with Gasteiger partial charge in [-0.3, -0.25) is 4.79 Å². The summed E-state index contributed by atoms with van der Waals surface area (Å²) in [5.74, 6) is 0.583. The molecule has 4 nitrogen and oxygen atoms in total. The molecule has 1 amide bonds. The molecular formula is C15H16N2O2S. The van der Waals surface area contributed by atoms with Crippen LogP contribution in [0.2, 0.25) is 0 Å². The van der Waals surface area contributed by atoms with E-state index in [9.17, 15) is 4.79 Å². The molecule has 1 aromatic heterocycles. The van der Waals surface area contributed by atoms with Crippen molar-refractivity contribution in [3.05, 3.63) is 54.0 Å². The first-order valence-corrected chi connectivity index (χ1v) is 6.69. The minimum atomic E-state index is -0.121. The number of benzene rings is 1. The number of hydrogen-bond acceptors (Lipinski definition) is 3. The number of thiocarbonyl (C=S) groups is 1. The summed E-state index contributed by atoms with van der Waals surface area (Å²) < 4.78 is 5.20. The number of nitrogens with two attached hydrogens (primary N) is 1. The van der Waals surface area contributed by atoms with Gasteiger partial charge in [-0.1, -0.05) is 30.4 Å². The molecule has 0 bridgehead atoms. The summed E-state index contributed by atoms with van der Waals surface area (Å²) in [6.45, 7) is 2.25. The van der Waals surface area contributed by atoms with Crippen LogP contribution in [0, 0.1) is 6.92 Å². The fourth-order valence-corrected chi connectivity index (χ4v) is 1.98. The minimum absolute atomic E-state index is 0.121. The lowest BCUT2D eigenvalue weighted by Crippen LogP contribution is -2.33. The third-order valence-electron chi connectivity index (χ3n) is 2.87. The second-order valence-corrected chi connectivity index (χ2v) is 4.98. The lowest BCUT2D eigenvalue weighted by molar-refractivity contribution is 0.0987. The highest BCUT2D eigenvalue weighted by atomic mass is 32.1. The second kappa shape index (κ2) is 6.34. The number of furan rings is 1. The lowest BCUT2D eigenvalue weighted by atomic mass is 10.2. The number of carbonyl (C=O) groups is 1. The number of aryl methyl sites for hydroxylation is 1. The van der Waals surface area contributed by atoms with Gasteiger partial charge in [0.05, 0.1) is 10.6 Å². The predicted molar refractivity (Wildman–Crippen MR) is 83.0 cm³/mol. The monoisotopic (exact) mass is 288 g/mol. The summed E-state index contributed by atoms with van der Waals surface area (Å²) in [4.78, 5) is 14.6. The van der Waals surface area contributed by atoms with E-state index in [0.717, 1.165) is 5.69 Å². The van der Waals surface area contributed by atoms with Crippen LogP contribution in [-0.2, 0) is 0 Å². The Labute approximate surface area is 123 Å². The van der Waals surface area contributed by atoms with E-state index in [0.29, 0.717) is 29.3 Å². The van der Waals surface area contributed by atoms with Crippen LogP contribution >= 0.6 is 12.2 Å². The van der Waals surface area contributed by atoms with Crippen LogP contribution in [-0.4, -0.2) is 17.4 Å². The van der Waals surface area contributed by atoms with Gasteiger partial charge >= 0.3 is 0 Å². The molecule has 104 valence electrons. The van der Waals surface area contributed by atoms with Crippen molar-refractivity contribution in [2.45, 2.75) is 13.3 Å². The summed E-state index contributed by atoms with van der Waals surface area (Å²) in [6.07, 6.45) is 1.95. The van der Waals surface area contributed by atoms with Crippen LogP contribution in [0.15, 0.2) is 47.1 Å². The molecule has 2 aromatic rings. The average Bonchev–Trinajstić information content (AvgIpc) is 2.86. The van der Waals surface area contributed by atoms with Gasteiger partial charge in [-0.05, 0) is 25.1 Å². The largest absolute Gasteiger partial charge is 0.469 e. The zero-order valence-electron chi connectivity index (χ0n) is 11.2. The molecule has 2 rings (SSSR count). The maximum absolute atomic E-state index is 12.6. The highest BCUT2D eigenvalue weighted by Crippen LogP contribution is 2.18. The molecule has 0 aliphatic heterocycles. The molecule has 0 unspecified atom stereocenters. The third-order valence-corrected chi connectivity index (χ3v) is 3.08. The quantitative estimate of drug-likeness (QED) is 0.859. The van der Waals surface area contributed by atoms with Gasteiger partial charge in [0.15, 0.2) is 0 Å². The number of para-hydroxylation sites is 1. The van der Waals surface area contributed by atoms with E-state index in [1.165, 1.54) is 6.26 Å². The number of hydrogen-bond donors (Lipinski definition) is 1. The summed E-state index contributed by atoms with van der Waals surface area (Å²) >= 11 is 4.89. The Hall–Kier alpha value is -2.14. The first kappa shape index (κ1) is 14.3. The standard InChI is InChI=1S/C15H16N2O2S/c1-11-9-12(10-19-11)15(18)17(8-7-14(16)20)13-5-3-2-4-6-13/h2-6,9-10H,7-8H2,1H3,(H2,16,20). The van der Waals surface area contributed by atoms with Crippen molar-refractivity contribution in [3.63, 3.8) is 0 Å². The molecule has 0 saturated heterocycles. The number of carbonyl (C=O) groups excluding carboxylic acids is 1. The Morgan fingerprint density at radius 2 is 2.05 bits per heavy atom. The normalized spacial score (nSPS) is 10.2. The molecule has 0 radical (unpaired) electrons. The topological polar surface area (TPSA) is 59.5 Å². The van der Waals surface area contributed by atoms with E-state index in [-0.39, 0.29) is 5.91 Å². The zero-order valence-corrected chi connectivity index (χ0v) is 12.0. The fourth-order valence-electron chi connectivity index (χ4n) is 1.89. The van der Waals surface area contributed by atoms with Crippen molar-refractivity contribution >= 4 is 28.8 Å². The van der Waals surface area contributed by atoms with Crippen LogP contribution < -0.4 is 10.6 Å². The van der Waals surface area contributed by atoms with E-state index in [2.05, 4.69) is 0 Å². The number of nitrogens with zero attached hydrogens (tertiary/aromatic N) is 1. The van der Waals surface area contributed by atoms with E-state index in [1.54, 1.807) is 17.9 Å². The predicted octanol–water partition coefficient (Wildman–Crippen LogP) is 2.91. The SMILES string of the molecule is Cc1cc(C(=O)N(CCC(N)=S)c2ccccc2)co1. The molecule has 0 aliphatic carbocycles. The van der Waals surface area contributed by atoms with E-state index in [1.807, 2.05) is 30.3 Å². The highest BCUT2D eigenvalue weighted by Gasteiger charge is 2.19. The smallest absolute Gasteiger partial charge is 0.261 e. The molecule has 0 spiro atoms. The number of amides is 1. The van der Waals surface area contributed by atoms with Crippen molar-refractivity contribution in [2.24, 2.45) is 5.73 Å². The van der Waals surface area contributed by atoms with Crippen LogP contribution in [0.3, 0.4) is 0 Å². The number of anilines is 1. The maximum atomic E-state index is 12.6. The van der Waals surface area contributed by atoms with Gasteiger partial charge in [-0.2, -0.15) is 0 Å². The minimum Gasteiger partial charge on any atom is -0.469 e. The van der Waals surface area contributed by atoms with Crippen molar-refractivity contribution in [3.8, 4) is 0 Å². The first-order valence-electron chi connectivity index (χ1n) is 6.28. The van der Waals surface area contributed by atoms with Crippen molar-refractivity contribution in [1.29, 1.82) is 0 Å². The van der Waals surface area contributed by atoms with Gasteiger partial charge in [0.25, 0.3) is 5.91 Å². The van der Waals surface area contributed by atoms with Crippen LogP contribution in [0.5, 0.6) is 0 Å². The second-order valence-electron chi connectivity index (χ2n) is 4.45. The maximum Gasteiger partial charge on any atom is 0.261 e. The van der Waals surface area contributed by atoms with E-state index in [4.69, 9.17) is 22.4 Å². The molecule has 0 aliphatic rings. The van der Waals surface area contributed by atoms with Crippen molar-refractivity contribution < 1.29 is 9.21 Å². The van der Waals surface area contributed by atoms with E-state index < -0.39 is 0 Å². The molecule has 0 fully saturated rings. The van der Waals surface area contributed by atoms with Gasteiger partial charge in [-0.15, -0.1) is 0 Å².